The van der Waals surface area contributed by atoms with Crippen LogP contribution < -0.4 is 0 Å². The third kappa shape index (κ3) is 8.39. The molecule has 1 aliphatic carbocycles. The molecule has 0 radical (unpaired) electrons. The van der Waals surface area contributed by atoms with Crippen LogP contribution in [-0.2, 0) is 22.5 Å². The Bertz CT molecular complexity index is 1800. The summed E-state index contributed by atoms with van der Waals surface area (Å²) in [6, 6.07) is 22.5. The van der Waals surface area contributed by atoms with E-state index in [-0.39, 0.29) is 17.8 Å². The Labute approximate surface area is 290 Å². The number of ketones is 1. The van der Waals surface area contributed by atoms with Crippen molar-refractivity contribution < 1.29 is 24.2 Å². The number of likely N-dealkylation sites (N-methyl/N-ethyl adjacent to an activating group) is 1. The summed E-state index contributed by atoms with van der Waals surface area (Å²) in [7, 11) is 2.10. The number of esters is 1. The van der Waals surface area contributed by atoms with Gasteiger partial charge in [0, 0.05) is 41.8 Å². The molecule has 1 N–H and O–H groups in total. The Morgan fingerprint density at radius 2 is 1.57 bits per heavy atom. The van der Waals surface area contributed by atoms with Gasteiger partial charge in [-0.05, 0) is 75.6 Å². The van der Waals surface area contributed by atoms with Crippen molar-refractivity contribution in [3.05, 3.63) is 113 Å². The van der Waals surface area contributed by atoms with Crippen molar-refractivity contribution >= 4 is 34.2 Å². The first-order chi connectivity index (χ1) is 23.5. The van der Waals surface area contributed by atoms with Crippen LogP contribution in [0.25, 0.3) is 16.5 Å². The largest absolute Gasteiger partial charge is 0.478 e. The predicted molar refractivity (Wildman–Crippen MR) is 196 cm³/mol. The number of aromatic nitrogens is 1. The monoisotopic (exact) mass is 662 g/mol. The van der Waals surface area contributed by atoms with Gasteiger partial charge in [0.2, 0.25) is 5.78 Å². The summed E-state index contributed by atoms with van der Waals surface area (Å²) >= 11 is 0. The van der Waals surface area contributed by atoms with Gasteiger partial charge in [-0.1, -0.05) is 105 Å². The van der Waals surface area contributed by atoms with E-state index in [1.165, 1.54) is 66.1 Å². The van der Waals surface area contributed by atoms with Crippen molar-refractivity contribution in [1.29, 1.82) is 0 Å². The number of hydrogen-bond donors (Lipinski definition) is 1. The third-order valence-electron chi connectivity index (χ3n) is 9.76. The zero-order chi connectivity index (χ0) is 35.1. The topological polar surface area (TPSA) is 88.8 Å². The zero-order valence-corrected chi connectivity index (χ0v) is 29.6. The molecule has 0 amide bonds. The minimum atomic E-state index is -1.24. The van der Waals surface area contributed by atoms with Crippen molar-refractivity contribution in [1.82, 2.24) is 9.47 Å². The fourth-order valence-corrected chi connectivity index (χ4v) is 7.03. The number of carbonyl (C=O) groups excluding carboxylic acids is 2. The van der Waals surface area contributed by atoms with Gasteiger partial charge in [0.05, 0.1) is 11.5 Å². The van der Waals surface area contributed by atoms with Crippen LogP contribution >= 0.6 is 0 Å². The molecule has 0 spiro atoms. The lowest BCUT2D eigenvalue weighted by Crippen LogP contribution is -2.46. The molecule has 2 aliphatic rings. The van der Waals surface area contributed by atoms with Gasteiger partial charge in [-0.3, -0.25) is 14.5 Å². The standard InChI is InChI=1S/C35H44N2O3.C7H6O2/c1-6-7-8-9-10-11-19-37-23-26-21-31-29(28-13-12-14-30(37)32(26)28)20-27(22-36(31)5)34(39)40-35(3,4)33(38)25-17-15-24(2)16-18-25;8-7(9)6-4-2-1-3-5-6/h12-18,20,23,27,31H,6-11,19,21-22H2,1-5H3;1-5H,(H,8,9)/t27-,31-;/m1./s1. The minimum Gasteiger partial charge on any atom is -0.478 e. The number of fused-ring (bicyclic) bond motifs is 2. The van der Waals surface area contributed by atoms with E-state index in [1.807, 2.05) is 19.1 Å². The number of Topliss-reactive ketones (excluding diaryl/α,β-unsaturated/α-hetero) is 1. The van der Waals surface area contributed by atoms with Crippen LogP contribution in [0.15, 0.2) is 85.1 Å². The highest BCUT2D eigenvalue weighted by atomic mass is 16.6. The lowest BCUT2D eigenvalue weighted by atomic mass is 9.80. The number of ether oxygens (including phenoxy) is 1. The molecule has 0 unspecified atom stereocenters. The number of carbonyl (C=O) groups is 3. The Hall–Kier alpha value is -4.49. The molecule has 3 aromatic carbocycles. The van der Waals surface area contributed by atoms with E-state index in [0.717, 1.165) is 18.5 Å². The summed E-state index contributed by atoms with van der Waals surface area (Å²) in [5.74, 6) is -1.84. The van der Waals surface area contributed by atoms with Crippen molar-refractivity contribution in [2.24, 2.45) is 5.92 Å². The Morgan fingerprint density at radius 3 is 2.24 bits per heavy atom. The van der Waals surface area contributed by atoms with Gasteiger partial charge in [-0.15, -0.1) is 0 Å². The number of nitrogens with zero attached hydrogens (tertiary/aromatic N) is 2. The lowest BCUT2D eigenvalue weighted by molar-refractivity contribution is -0.156. The summed E-state index contributed by atoms with van der Waals surface area (Å²) in [4.78, 5) is 39.2. The van der Waals surface area contributed by atoms with Crippen LogP contribution in [0.2, 0.25) is 0 Å². The van der Waals surface area contributed by atoms with Crippen LogP contribution in [0, 0.1) is 12.8 Å². The number of carboxylic acids is 1. The number of hydrogen-bond acceptors (Lipinski definition) is 5. The highest BCUT2D eigenvalue weighted by molar-refractivity contribution is 6.03. The number of benzene rings is 3. The summed E-state index contributed by atoms with van der Waals surface area (Å²) < 4.78 is 8.36. The first kappa shape index (κ1) is 35.8. The molecule has 2 heterocycles. The van der Waals surface area contributed by atoms with Gasteiger partial charge < -0.3 is 14.4 Å². The van der Waals surface area contributed by atoms with Gasteiger partial charge in [0.15, 0.2) is 5.60 Å². The number of carboxylic acid groups (broad SMARTS) is 1. The van der Waals surface area contributed by atoms with E-state index in [1.54, 1.807) is 56.3 Å². The summed E-state index contributed by atoms with van der Waals surface area (Å²) in [5.41, 5.74) is 5.85. The molecule has 0 saturated carbocycles. The molecule has 2 atom stereocenters. The average Bonchev–Trinajstić information content (AvgIpc) is 3.45. The van der Waals surface area contributed by atoms with Gasteiger partial charge in [0.25, 0.3) is 0 Å². The molecule has 0 bridgehead atoms. The van der Waals surface area contributed by atoms with Gasteiger partial charge >= 0.3 is 11.9 Å². The number of aryl methyl sites for hydroxylation is 2. The molecule has 258 valence electrons. The average molecular weight is 663 g/mol. The van der Waals surface area contributed by atoms with Crippen LogP contribution in [0.1, 0.15) is 96.7 Å². The second kappa shape index (κ2) is 15.8. The van der Waals surface area contributed by atoms with Gasteiger partial charge in [-0.2, -0.15) is 0 Å². The molecular weight excluding hydrogens is 612 g/mol. The van der Waals surface area contributed by atoms with Crippen LogP contribution in [0.4, 0.5) is 0 Å². The fraction of sp³-hybridized carbons (Fsp3) is 0.405. The molecule has 49 heavy (non-hydrogen) atoms. The minimum absolute atomic E-state index is 0.186. The van der Waals surface area contributed by atoms with Crippen molar-refractivity contribution in [3.8, 4) is 0 Å². The Kier molecular flexibility index (Phi) is 11.6. The highest BCUT2D eigenvalue weighted by Crippen LogP contribution is 2.42. The quantitative estimate of drug-likeness (QED) is 0.0927. The van der Waals surface area contributed by atoms with E-state index >= 15 is 0 Å². The van der Waals surface area contributed by atoms with Crippen LogP contribution in [-0.4, -0.2) is 57.5 Å². The number of rotatable bonds is 12. The van der Waals surface area contributed by atoms with E-state index in [9.17, 15) is 14.4 Å². The summed E-state index contributed by atoms with van der Waals surface area (Å²) in [5, 5.41) is 9.71. The first-order valence-electron chi connectivity index (χ1n) is 17.7. The van der Waals surface area contributed by atoms with Crippen molar-refractivity contribution in [2.75, 3.05) is 13.6 Å². The van der Waals surface area contributed by atoms with Crippen molar-refractivity contribution in [3.63, 3.8) is 0 Å². The maximum absolute atomic E-state index is 13.5. The second-order valence-electron chi connectivity index (χ2n) is 14.0. The number of aromatic carboxylic acids is 1. The second-order valence-corrected chi connectivity index (χ2v) is 14.0. The van der Waals surface area contributed by atoms with Crippen molar-refractivity contribution in [2.45, 2.75) is 90.8 Å². The molecule has 0 fully saturated rings. The third-order valence-corrected chi connectivity index (χ3v) is 9.76. The van der Waals surface area contributed by atoms with E-state index in [2.05, 4.69) is 53.9 Å². The maximum atomic E-state index is 13.5. The van der Waals surface area contributed by atoms with E-state index in [4.69, 9.17) is 9.84 Å². The van der Waals surface area contributed by atoms with E-state index < -0.39 is 17.5 Å². The molecular formula is C42H50N2O5. The first-order valence-corrected chi connectivity index (χ1v) is 17.7. The highest BCUT2D eigenvalue weighted by Gasteiger charge is 2.40. The molecule has 4 aromatic rings. The zero-order valence-electron chi connectivity index (χ0n) is 29.6. The normalized spacial score (nSPS) is 17.0. The number of unbranched alkanes of at least 4 members (excludes halogenated alkanes) is 5. The molecule has 1 aliphatic heterocycles. The van der Waals surface area contributed by atoms with Gasteiger partial charge in [0.1, 0.15) is 0 Å². The lowest BCUT2D eigenvalue weighted by Gasteiger charge is -2.39. The summed E-state index contributed by atoms with van der Waals surface area (Å²) in [6.07, 6.45) is 13.2. The molecule has 7 nitrogen and oxygen atoms in total. The van der Waals surface area contributed by atoms with Crippen LogP contribution in [0.5, 0.6) is 0 Å². The summed E-state index contributed by atoms with van der Waals surface area (Å²) in [6.45, 7) is 9.25. The van der Waals surface area contributed by atoms with E-state index in [0.29, 0.717) is 17.7 Å². The molecule has 0 saturated heterocycles. The molecule has 7 heteroatoms. The predicted octanol–water partition coefficient (Wildman–Crippen LogP) is 8.77. The fourth-order valence-electron chi connectivity index (χ4n) is 7.03. The Morgan fingerprint density at radius 1 is 0.878 bits per heavy atom. The Balaban J connectivity index is 0.000000452. The maximum Gasteiger partial charge on any atom is 0.335 e. The van der Waals surface area contributed by atoms with Gasteiger partial charge in [-0.25, -0.2) is 4.79 Å². The molecule has 6 rings (SSSR count). The molecule has 1 aromatic heterocycles. The van der Waals surface area contributed by atoms with Crippen LogP contribution in [0.3, 0.4) is 0 Å². The SMILES string of the molecule is CCCCCCCCn1cc2c3c(cccc31)C1=C[C@@H](C(=O)OC(C)(C)C(=O)c3ccc(C)cc3)CN(C)[C@@H]1C2.O=C(O)c1ccccc1. The smallest absolute Gasteiger partial charge is 0.335 e.